The maximum atomic E-state index is 15.9. The van der Waals surface area contributed by atoms with Gasteiger partial charge in [0.1, 0.15) is 6.17 Å². The summed E-state index contributed by atoms with van der Waals surface area (Å²) in [6, 6.07) is -0.464. The predicted octanol–water partition coefficient (Wildman–Crippen LogP) is 1.41. The zero-order valence-corrected chi connectivity index (χ0v) is 20.8. The predicted molar refractivity (Wildman–Crippen MR) is 124 cm³/mol. The van der Waals surface area contributed by atoms with E-state index < -0.39 is 41.0 Å². The summed E-state index contributed by atoms with van der Waals surface area (Å²) in [6.45, 7) is 7.05. The van der Waals surface area contributed by atoms with Crippen LogP contribution in [-0.4, -0.2) is 85.2 Å². The molecule has 4 rings (SSSR count). The highest BCUT2D eigenvalue weighted by Gasteiger charge is 2.54. The first-order chi connectivity index (χ1) is 15.7. The van der Waals surface area contributed by atoms with Crippen LogP contribution >= 0.6 is 0 Å². The van der Waals surface area contributed by atoms with Gasteiger partial charge in [0.05, 0.1) is 18.7 Å². The molecule has 7 unspecified atom stereocenters. The summed E-state index contributed by atoms with van der Waals surface area (Å²) in [6.07, 6.45) is 5.05. The molecule has 3 N–H and O–H groups in total. The van der Waals surface area contributed by atoms with E-state index in [-0.39, 0.29) is 17.9 Å². The highest BCUT2D eigenvalue weighted by molar-refractivity contribution is 7.88. The van der Waals surface area contributed by atoms with Gasteiger partial charge in [0.2, 0.25) is 5.91 Å². The van der Waals surface area contributed by atoms with Crippen LogP contribution in [0.3, 0.4) is 0 Å². The fraction of sp³-hybridized carbons (Fsp3) is 0.957. The second kappa shape index (κ2) is 10.4. The van der Waals surface area contributed by atoms with Gasteiger partial charge in [-0.1, -0.05) is 20.3 Å². The van der Waals surface area contributed by atoms with Crippen LogP contribution in [0.2, 0.25) is 0 Å². The Hall–Kier alpha value is -0.810. The molecule has 0 bridgehead atoms. The van der Waals surface area contributed by atoms with Crippen molar-refractivity contribution in [3.63, 3.8) is 0 Å². The van der Waals surface area contributed by atoms with Crippen molar-refractivity contribution < 1.29 is 22.7 Å². The van der Waals surface area contributed by atoms with E-state index in [2.05, 4.69) is 24.1 Å². The summed E-state index contributed by atoms with van der Waals surface area (Å²) in [7, 11) is -4.09. The van der Waals surface area contributed by atoms with Crippen molar-refractivity contribution in [3.8, 4) is 0 Å². The number of carbonyl (C=O) groups excluding carboxylic acids is 1. The van der Waals surface area contributed by atoms with Crippen molar-refractivity contribution >= 4 is 16.1 Å². The fourth-order valence-electron chi connectivity index (χ4n) is 6.46. The van der Waals surface area contributed by atoms with Gasteiger partial charge in [-0.15, -0.1) is 0 Å². The number of aliphatic hydroxyl groups excluding tert-OH is 1. The lowest BCUT2D eigenvalue weighted by atomic mass is 9.65. The van der Waals surface area contributed by atoms with Crippen molar-refractivity contribution in [2.24, 2.45) is 17.8 Å². The van der Waals surface area contributed by atoms with Crippen molar-refractivity contribution in [2.45, 2.75) is 95.6 Å². The number of hydrogen-bond donors (Lipinski definition) is 3. The minimum absolute atomic E-state index is 0.0521. The van der Waals surface area contributed by atoms with Crippen LogP contribution in [0.4, 0.5) is 4.39 Å². The zero-order chi connectivity index (χ0) is 23.8. The molecule has 2 saturated carbocycles. The molecular formula is C23H41FN4O4S. The number of alkyl halides is 1. The number of amides is 1. The monoisotopic (exact) mass is 488 g/mol. The highest BCUT2D eigenvalue weighted by Crippen LogP contribution is 2.45. The molecule has 4 aliphatic rings. The van der Waals surface area contributed by atoms with Gasteiger partial charge in [-0.05, 0) is 75.8 Å². The molecule has 7 atom stereocenters. The van der Waals surface area contributed by atoms with E-state index in [1.54, 1.807) is 0 Å². The number of piperidine rings is 1. The number of fused-ring (bicyclic) bond motifs is 1. The molecule has 0 aromatic heterocycles. The smallest absolute Gasteiger partial charge is 0.304 e. The standard InChI is InChI=1S/C23H41FN4O4S/c1-15(2)8-10-27(13-17-5-3-4-9-25-17)18-7-6-16-11-20(29)23(22(24)19(16)12-18)28-14-21(30)26-33(28,31)32/h15-20,22-23,25,29H,3-14H2,1-2H3,(H,26,30). The normalized spacial score (nSPS) is 39.6. The molecule has 0 aromatic rings. The van der Waals surface area contributed by atoms with Crippen LogP contribution in [0.25, 0.3) is 0 Å². The molecule has 2 aliphatic carbocycles. The van der Waals surface area contributed by atoms with Crippen molar-refractivity contribution in [1.29, 1.82) is 0 Å². The third-order valence-corrected chi connectivity index (χ3v) is 9.73. The number of aliphatic hydroxyl groups is 1. The summed E-state index contributed by atoms with van der Waals surface area (Å²) < 4.78 is 43.4. The zero-order valence-electron chi connectivity index (χ0n) is 20.0. The minimum Gasteiger partial charge on any atom is -0.391 e. The number of carbonyl (C=O) groups is 1. The number of nitrogens with one attached hydrogen (secondary N) is 2. The lowest BCUT2D eigenvalue weighted by Gasteiger charge is -2.50. The Morgan fingerprint density at radius 3 is 2.64 bits per heavy atom. The quantitative estimate of drug-likeness (QED) is 0.501. The fourth-order valence-corrected chi connectivity index (χ4v) is 7.80. The van der Waals surface area contributed by atoms with E-state index in [4.69, 9.17) is 0 Å². The lowest BCUT2D eigenvalue weighted by molar-refractivity contribution is -0.120. The van der Waals surface area contributed by atoms with E-state index in [1.165, 1.54) is 19.3 Å². The summed E-state index contributed by atoms with van der Waals surface area (Å²) in [5.74, 6) is -0.324. The molecule has 0 aromatic carbocycles. The molecule has 8 nitrogen and oxygen atoms in total. The first-order valence-corrected chi connectivity index (χ1v) is 14.2. The first kappa shape index (κ1) is 25.3. The van der Waals surface area contributed by atoms with Crippen LogP contribution in [0.1, 0.15) is 65.2 Å². The Bertz CT molecular complexity index is 791. The Morgan fingerprint density at radius 2 is 2.00 bits per heavy atom. The van der Waals surface area contributed by atoms with E-state index in [9.17, 15) is 18.3 Å². The molecule has 0 spiro atoms. The Morgan fingerprint density at radius 1 is 1.21 bits per heavy atom. The maximum absolute atomic E-state index is 15.9. The van der Waals surface area contributed by atoms with E-state index in [0.29, 0.717) is 24.8 Å². The van der Waals surface area contributed by atoms with Crippen molar-refractivity contribution in [3.05, 3.63) is 0 Å². The molecule has 190 valence electrons. The van der Waals surface area contributed by atoms with E-state index in [0.717, 1.165) is 43.2 Å². The molecule has 0 radical (unpaired) electrons. The van der Waals surface area contributed by atoms with E-state index >= 15 is 4.39 Å². The summed E-state index contributed by atoms with van der Waals surface area (Å²) in [5.41, 5.74) is 0. The summed E-state index contributed by atoms with van der Waals surface area (Å²) in [4.78, 5) is 14.3. The van der Waals surface area contributed by atoms with Gasteiger partial charge < -0.3 is 10.4 Å². The third kappa shape index (κ3) is 5.72. The summed E-state index contributed by atoms with van der Waals surface area (Å²) in [5, 5.41) is 14.3. The van der Waals surface area contributed by atoms with Crippen LogP contribution in [0.5, 0.6) is 0 Å². The highest BCUT2D eigenvalue weighted by atomic mass is 32.2. The van der Waals surface area contributed by atoms with Crippen LogP contribution < -0.4 is 10.0 Å². The molecular weight excluding hydrogens is 447 g/mol. The summed E-state index contributed by atoms with van der Waals surface area (Å²) >= 11 is 0. The van der Waals surface area contributed by atoms with Gasteiger partial charge in [0.15, 0.2) is 0 Å². The van der Waals surface area contributed by atoms with Crippen LogP contribution in [0.15, 0.2) is 0 Å². The van der Waals surface area contributed by atoms with Gasteiger partial charge in [-0.3, -0.25) is 9.69 Å². The van der Waals surface area contributed by atoms with Crippen LogP contribution in [-0.2, 0) is 15.0 Å². The minimum atomic E-state index is -4.09. The largest absolute Gasteiger partial charge is 0.391 e. The number of nitrogens with zero attached hydrogens (tertiary/aromatic N) is 2. The molecule has 1 amide bonds. The average Bonchev–Trinajstić information content (AvgIpc) is 3.03. The molecule has 33 heavy (non-hydrogen) atoms. The van der Waals surface area contributed by atoms with Crippen LogP contribution in [0, 0.1) is 17.8 Å². The van der Waals surface area contributed by atoms with Gasteiger partial charge in [-0.25, -0.2) is 9.11 Å². The molecule has 2 aliphatic heterocycles. The Kier molecular flexibility index (Phi) is 8.00. The van der Waals surface area contributed by atoms with Gasteiger partial charge in [0, 0.05) is 18.6 Å². The van der Waals surface area contributed by atoms with Gasteiger partial charge >= 0.3 is 10.2 Å². The lowest BCUT2D eigenvalue weighted by Crippen LogP contribution is -2.60. The Labute approximate surface area is 197 Å². The van der Waals surface area contributed by atoms with Gasteiger partial charge in [0.25, 0.3) is 0 Å². The maximum Gasteiger partial charge on any atom is 0.304 e. The van der Waals surface area contributed by atoms with Crippen molar-refractivity contribution in [2.75, 3.05) is 26.2 Å². The molecule has 10 heteroatoms. The first-order valence-electron chi connectivity index (χ1n) is 12.8. The second-order valence-corrected chi connectivity index (χ2v) is 12.7. The molecule has 4 fully saturated rings. The number of hydrogen-bond acceptors (Lipinski definition) is 6. The van der Waals surface area contributed by atoms with E-state index in [1.807, 2.05) is 4.72 Å². The number of rotatable bonds is 7. The third-order valence-electron chi connectivity index (χ3n) is 8.26. The van der Waals surface area contributed by atoms with Crippen molar-refractivity contribution in [1.82, 2.24) is 19.2 Å². The number of halogens is 1. The SMILES string of the molecule is CC(C)CCN(CC1CCCCN1)C1CCC2CC(O)C(N3CC(=O)NS3(=O)=O)C(F)C2C1. The Balaban J connectivity index is 1.48. The second-order valence-electron chi connectivity index (χ2n) is 11.0. The molecule has 2 heterocycles. The average molecular weight is 489 g/mol. The van der Waals surface area contributed by atoms with Gasteiger partial charge in [-0.2, -0.15) is 12.7 Å². The topological polar surface area (TPSA) is 102 Å². The molecule has 2 saturated heterocycles.